The summed E-state index contributed by atoms with van der Waals surface area (Å²) in [5.41, 5.74) is 4.37. The molecule has 2 aromatic rings. The van der Waals surface area contributed by atoms with E-state index in [1.807, 2.05) is 0 Å². The lowest BCUT2D eigenvalue weighted by atomic mass is 9.82. The molecule has 0 bridgehead atoms. The predicted molar refractivity (Wildman–Crippen MR) is 104 cm³/mol. The van der Waals surface area contributed by atoms with E-state index in [9.17, 15) is 0 Å². The largest absolute Gasteiger partial charge is 0.308 e. The smallest absolute Gasteiger partial charge is 0.0210 e. The van der Waals surface area contributed by atoms with E-state index in [1.54, 1.807) is 0 Å². The Hall–Kier alpha value is -1.31. The Morgan fingerprint density at radius 2 is 1.26 bits per heavy atom. The van der Waals surface area contributed by atoms with Crippen LogP contribution in [-0.4, -0.2) is 5.54 Å². The maximum absolute atomic E-state index is 3.69. The molecule has 0 heterocycles. The highest BCUT2D eigenvalue weighted by molar-refractivity contribution is 5.85. The third-order valence-corrected chi connectivity index (χ3v) is 3.80. The lowest BCUT2D eigenvalue weighted by molar-refractivity contribution is 0.241. The van der Waals surface area contributed by atoms with Crippen LogP contribution in [0, 0.1) is 5.41 Å². The zero-order valence-corrected chi connectivity index (χ0v) is 15.8. The van der Waals surface area contributed by atoms with Gasteiger partial charge in [-0.25, -0.2) is 0 Å². The summed E-state index contributed by atoms with van der Waals surface area (Å²) < 4.78 is 0. The van der Waals surface area contributed by atoms with Gasteiger partial charge in [-0.2, -0.15) is 0 Å². The van der Waals surface area contributed by atoms with Crippen LogP contribution in [0.2, 0.25) is 0 Å². The van der Waals surface area contributed by atoms with Crippen LogP contribution in [0.1, 0.15) is 46.6 Å². The van der Waals surface area contributed by atoms with Crippen molar-refractivity contribution < 1.29 is 0 Å². The summed E-state index contributed by atoms with van der Waals surface area (Å²) >= 11 is 0. The molecule has 0 saturated heterocycles. The molecule has 0 fully saturated rings. The summed E-state index contributed by atoms with van der Waals surface area (Å²) in [4.78, 5) is 0. The van der Waals surface area contributed by atoms with E-state index in [-0.39, 0.29) is 17.9 Å². The minimum Gasteiger partial charge on any atom is -0.308 e. The third kappa shape index (κ3) is 6.76. The van der Waals surface area contributed by atoms with E-state index in [4.69, 9.17) is 0 Å². The van der Waals surface area contributed by atoms with Crippen LogP contribution in [0.3, 0.4) is 0 Å². The molecule has 2 rings (SSSR count). The molecule has 2 aromatic carbocycles. The van der Waals surface area contributed by atoms with Gasteiger partial charge in [0.05, 0.1) is 0 Å². The number of hydrogen-bond acceptors (Lipinski definition) is 1. The Morgan fingerprint density at radius 3 is 1.78 bits per heavy atom. The van der Waals surface area contributed by atoms with Crippen molar-refractivity contribution in [3.05, 3.63) is 60.2 Å². The molecule has 0 saturated carbocycles. The number of benzene rings is 2. The monoisotopic (exact) mass is 331 g/mol. The summed E-state index contributed by atoms with van der Waals surface area (Å²) in [6.07, 6.45) is 1.15. The molecule has 0 aromatic heterocycles. The summed E-state index contributed by atoms with van der Waals surface area (Å²) in [7, 11) is 0. The van der Waals surface area contributed by atoms with E-state index in [0.717, 1.165) is 13.0 Å². The summed E-state index contributed by atoms with van der Waals surface area (Å²) in [5, 5.41) is 3.69. The Labute approximate surface area is 147 Å². The van der Waals surface area contributed by atoms with Crippen molar-refractivity contribution in [3.63, 3.8) is 0 Å². The minimum atomic E-state index is 0. The molecule has 126 valence electrons. The van der Waals surface area contributed by atoms with Crippen LogP contribution >= 0.6 is 12.4 Å². The topological polar surface area (TPSA) is 12.0 Å². The van der Waals surface area contributed by atoms with Gasteiger partial charge in [0, 0.05) is 12.1 Å². The molecule has 23 heavy (non-hydrogen) atoms. The predicted octanol–water partition coefficient (Wildman–Crippen LogP) is 6.08. The lowest BCUT2D eigenvalue weighted by Crippen LogP contribution is -2.41. The highest BCUT2D eigenvalue weighted by Gasteiger charge is 2.24. The van der Waals surface area contributed by atoms with Crippen molar-refractivity contribution in [1.82, 2.24) is 5.32 Å². The molecule has 0 radical (unpaired) electrons. The second-order valence-corrected chi connectivity index (χ2v) is 8.04. The molecule has 2 heteroatoms. The lowest BCUT2D eigenvalue weighted by Gasteiger charge is -2.33. The molecule has 0 aliphatic rings. The minimum absolute atomic E-state index is 0. The molecule has 1 nitrogen and oxygen atoms in total. The van der Waals surface area contributed by atoms with Gasteiger partial charge >= 0.3 is 0 Å². The third-order valence-electron chi connectivity index (χ3n) is 3.80. The van der Waals surface area contributed by atoms with Gasteiger partial charge in [0.15, 0.2) is 0 Å². The number of hydrogen-bond donors (Lipinski definition) is 1. The Morgan fingerprint density at radius 1 is 0.739 bits per heavy atom. The first-order valence-electron chi connectivity index (χ1n) is 8.15. The number of rotatable bonds is 5. The van der Waals surface area contributed by atoms with Crippen LogP contribution < -0.4 is 5.32 Å². The Balaban J connectivity index is 0.00000264. The van der Waals surface area contributed by atoms with Crippen molar-refractivity contribution in [2.75, 3.05) is 0 Å². The Bertz CT molecular complexity index is 579. The molecular weight excluding hydrogens is 302 g/mol. The fourth-order valence-corrected chi connectivity index (χ4v) is 3.18. The van der Waals surface area contributed by atoms with Crippen molar-refractivity contribution >= 4 is 12.4 Å². The molecule has 0 atom stereocenters. The summed E-state index contributed by atoms with van der Waals surface area (Å²) in [6, 6.07) is 19.4. The summed E-state index contributed by atoms with van der Waals surface area (Å²) in [6.45, 7) is 12.4. The van der Waals surface area contributed by atoms with Crippen molar-refractivity contribution in [1.29, 1.82) is 0 Å². The van der Waals surface area contributed by atoms with Gasteiger partial charge in [-0.05, 0) is 42.4 Å². The Kier molecular flexibility index (Phi) is 6.85. The average Bonchev–Trinajstić information content (AvgIpc) is 2.44. The molecule has 1 N–H and O–H groups in total. The molecule has 0 amide bonds. The first-order chi connectivity index (χ1) is 10.3. The highest BCUT2D eigenvalue weighted by Crippen LogP contribution is 2.27. The fraction of sp³-hybridized carbons (Fsp3) is 0.429. The molecule has 0 unspecified atom stereocenters. The van der Waals surface area contributed by atoms with Gasteiger partial charge in [0.1, 0.15) is 0 Å². The van der Waals surface area contributed by atoms with Crippen LogP contribution in [0.5, 0.6) is 0 Å². The van der Waals surface area contributed by atoms with Crippen molar-refractivity contribution in [3.8, 4) is 11.1 Å². The van der Waals surface area contributed by atoms with Gasteiger partial charge < -0.3 is 5.32 Å². The number of halogens is 1. The molecule has 0 aliphatic heterocycles. The van der Waals surface area contributed by atoms with E-state index in [1.165, 1.54) is 16.7 Å². The SMILES string of the molecule is CC(C)(C)CC(C)(C)NCc1ccc(-c2ccccc2)cc1.Cl. The van der Waals surface area contributed by atoms with E-state index in [2.05, 4.69) is 94.5 Å². The average molecular weight is 332 g/mol. The van der Waals surface area contributed by atoms with Crippen LogP contribution in [0.25, 0.3) is 11.1 Å². The van der Waals surface area contributed by atoms with Gasteiger partial charge in [0.25, 0.3) is 0 Å². The molecule has 0 aliphatic carbocycles. The molecular formula is C21H30ClN. The summed E-state index contributed by atoms with van der Waals surface area (Å²) in [5.74, 6) is 0. The number of nitrogens with one attached hydrogen (secondary N) is 1. The fourth-order valence-electron chi connectivity index (χ4n) is 3.18. The van der Waals surface area contributed by atoms with Gasteiger partial charge in [-0.3, -0.25) is 0 Å². The maximum atomic E-state index is 3.69. The van der Waals surface area contributed by atoms with Gasteiger partial charge in [-0.1, -0.05) is 75.4 Å². The van der Waals surface area contributed by atoms with Crippen LogP contribution in [-0.2, 0) is 6.54 Å². The zero-order valence-electron chi connectivity index (χ0n) is 15.0. The van der Waals surface area contributed by atoms with Crippen molar-refractivity contribution in [2.24, 2.45) is 5.41 Å². The van der Waals surface area contributed by atoms with E-state index in [0.29, 0.717) is 5.41 Å². The second-order valence-electron chi connectivity index (χ2n) is 8.04. The van der Waals surface area contributed by atoms with Crippen molar-refractivity contribution in [2.45, 2.75) is 53.1 Å². The standard InChI is InChI=1S/C21H29N.ClH/c1-20(2,3)16-21(4,5)22-15-17-11-13-19(14-12-17)18-9-7-6-8-10-18;/h6-14,22H,15-16H2,1-5H3;1H. The molecule has 0 spiro atoms. The van der Waals surface area contributed by atoms with Crippen LogP contribution in [0.4, 0.5) is 0 Å². The maximum Gasteiger partial charge on any atom is 0.0210 e. The zero-order chi connectivity index (χ0) is 16.2. The van der Waals surface area contributed by atoms with Gasteiger partial charge in [0.2, 0.25) is 0 Å². The first kappa shape index (κ1) is 19.7. The quantitative estimate of drug-likeness (QED) is 0.700. The van der Waals surface area contributed by atoms with Gasteiger partial charge in [-0.15, -0.1) is 12.4 Å². The van der Waals surface area contributed by atoms with E-state index >= 15 is 0 Å². The highest BCUT2D eigenvalue weighted by atomic mass is 35.5. The van der Waals surface area contributed by atoms with E-state index < -0.39 is 0 Å². The second kappa shape index (κ2) is 7.99. The first-order valence-corrected chi connectivity index (χ1v) is 8.15. The van der Waals surface area contributed by atoms with Crippen LogP contribution in [0.15, 0.2) is 54.6 Å². The normalized spacial score (nSPS) is 11.9.